The van der Waals surface area contributed by atoms with Crippen molar-refractivity contribution in [1.82, 2.24) is 5.32 Å². The topological polar surface area (TPSA) is 49.3 Å². The number of benzene rings is 1. The molecule has 104 valence electrons. The van der Waals surface area contributed by atoms with Crippen LogP contribution >= 0.6 is 11.6 Å². The quantitative estimate of drug-likeness (QED) is 0.896. The molecule has 0 amide bonds. The Bertz CT molecular complexity index is 499. The molecule has 0 aromatic heterocycles. The maximum absolute atomic E-state index is 13.8. The van der Waals surface area contributed by atoms with Gasteiger partial charge >= 0.3 is 5.97 Å². The van der Waals surface area contributed by atoms with Gasteiger partial charge in [-0.05, 0) is 37.5 Å². The summed E-state index contributed by atoms with van der Waals surface area (Å²) in [7, 11) is 0. The Balaban J connectivity index is 2.21. The first-order valence-electron chi connectivity index (χ1n) is 6.24. The number of hydrogen-bond acceptors (Lipinski definition) is 2. The molecule has 5 heteroatoms. The van der Waals surface area contributed by atoms with E-state index in [1.807, 2.05) is 0 Å². The third-order valence-electron chi connectivity index (χ3n) is 3.54. The molecule has 1 heterocycles. The van der Waals surface area contributed by atoms with E-state index in [9.17, 15) is 9.18 Å². The molecule has 2 unspecified atom stereocenters. The number of halogens is 2. The van der Waals surface area contributed by atoms with Crippen molar-refractivity contribution in [3.05, 3.63) is 34.3 Å². The fourth-order valence-electron chi connectivity index (χ4n) is 2.34. The van der Waals surface area contributed by atoms with Crippen molar-refractivity contribution in [2.24, 2.45) is 5.92 Å². The molecule has 0 radical (unpaired) electrons. The first kappa shape index (κ1) is 14.3. The average Bonchev–Trinajstić information content (AvgIpc) is 2.76. The fraction of sp³-hybridized carbons (Fsp3) is 0.500. The van der Waals surface area contributed by atoms with Crippen molar-refractivity contribution in [2.45, 2.75) is 32.0 Å². The smallest absolute Gasteiger partial charge is 0.307 e. The number of hydrogen-bond donors (Lipinski definition) is 2. The van der Waals surface area contributed by atoms with E-state index in [0.717, 1.165) is 5.56 Å². The highest BCUT2D eigenvalue weighted by Crippen LogP contribution is 2.35. The van der Waals surface area contributed by atoms with Gasteiger partial charge in [-0.25, -0.2) is 4.39 Å². The van der Waals surface area contributed by atoms with Gasteiger partial charge in [-0.1, -0.05) is 23.7 Å². The van der Waals surface area contributed by atoms with E-state index in [0.29, 0.717) is 23.6 Å². The van der Waals surface area contributed by atoms with Crippen LogP contribution in [0.1, 0.15) is 37.4 Å². The van der Waals surface area contributed by atoms with Crippen molar-refractivity contribution in [3.63, 3.8) is 0 Å². The SMILES string of the molecule is CC(C)(F)c1ccc(C2CC(C(=O)O)CN2)c(Cl)c1. The third-order valence-corrected chi connectivity index (χ3v) is 3.87. The molecular formula is C14H17ClFNO2. The zero-order valence-electron chi connectivity index (χ0n) is 10.9. The van der Waals surface area contributed by atoms with Gasteiger partial charge in [0.2, 0.25) is 0 Å². The van der Waals surface area contributed by atoms with Gasteiger partial charge in [0.15, 0.2) is 0 Å². The Kier molecular flexibility index (Phi) is 3.83. The lowest BCUT2D eigenvalue weighted by molar-refractivity contribution is -0.141. The normalized spacial score (nSPS) is 23.6. The molecule has 1 saturated heterocycles. The van der Waals surface area contributed by atoms with Gasteiger partial charge in [0.05, 0.1) is 5.92 Å². The van der Waals surface area contributed by atoms with Crippen LogP contribution in [0.25, 0.3) is 0 Å². The number of nitrogens with one attached hydrogen (secondary N) is 1. The van der Waals surface area contributed by atoms with E-state index in [1.54, 1.807) is 18.2 Å². The summed E-state index contributed by atoms with van der Waals surface area (Å²) >= 11 is 6.19. The Morgan fingerprint density at radius 2 is 2.21 bits per heavy atom. The lowest BCUT2D eigenvalue weighted by Crippen LogP contribution is -2.17. The van der Waals surface area contributed by atoms with Crippen molar-refractivity contribution in [3.8, 4) is 0 Å². The molecule has 2 rings (SSSR count). The van der Waals surface area contributed by atoms with Crippen LogP contribution in [0, 0.1) is 5.92 Å². The van der Waals surface area contributed by atoms with Crippen LogP contribution in [0.4, 0.5) is 4.39 Å². The number of carboxylic acid groups (broad SMARTS) is 1. The maximum atomic E-state index is 13.8. The van der Waals surface area contributed by atoms with E-state index in [-0.39, 0.29) is 6.04 Å². The van der Waals surface area contributed by atoms with Crippen molar-refractivity contribution in [1.29, 1.82) is 0 Å². The Labute approximate surface area is 116 Å². The lowest BCUT2D eigenvalue weighted by Gasteiger charge is -2.18. The lowest BCUT2D eigenvalue weighted by atomic mass is 9.95. The summed E-state index contributed by atoms with van der Waals surface area (Å²) in [4.78, 5) is 10.9. The molecule has 1 aromatic rings. The number of carbonyl (C=O) groups is 1. The van der Waals surface area contributed by atoms with Crippen LogP contribution < -0.4 is 5.32 Å². The first-order valence-corrected chi connectivity index (χ1v) is 6.62. The average molecular weight is 286 g/mol. The third kappa shape index (κ3) is 3.07. The molecule has 1 fully saturated rings. The maximum Gasteiger partial charge on any atom is 0.307 e. The predicted octanol–water partition coefficient (Wildman–Crippen LogP) is 3.28. The molecule has 0 spiro atoms. The summed E-state index contributed by atoms with van der Waals surface area (Å²) in [5, 5.41) is 12.6. The molecule has 0 bridgehead atoms. The second-order valence-corrected chi connectivity index (χ2v) is 5.85. The van der Waals surface area contributed by atoms with Gasteiger partial charge in [0, 0.05) is 17.6 Å². The van der Waals surface area contributed by atoms with E-state index >= 15 is 0 Å². The predicted molar refractivity (Wildman–Crippen MR) is 72.1 cm³/mol. The van der Waals surface area contributed by atoms with Crippen molar-refractivity contribution in [2.75, 3.05) is 6.54 Å². The molecule has 2 atom stereocenters. The molecule has 0 saturated carbocycles. The van der Waals surface area contributed by atoms with E-state index in [1.165, 1.54) is 13.8 Å². The molecule has 1 aliphatic heterocycles. The van der Waals surface area contributed by atoms with Crippen LogP contribution in [-0.4, -0.2) is 17.6 Å². The van der Waals surface area contributed by atoms with Crippen LogP contribution in [0.15, 0.2) is 18.2 Å². The van der Waals surface area contributed by atoms with Gasteiger partial charge in [-0.2, -0.15) is 0 Å². The summed E-state index contributed by atoms with van der Waals surface area (Å²) in [6, 6.07) is 5.02. The molecule has 1 aliphatic rings. The van der Waals surface area contributed by atoms with E-state index < -0.39 is 17.6 Å². The van der Waals surface area contributed by atoms with E-state index in [4.69, 9.17) is 16.7 Å². The van der Waals surface area contributed by atoms with Crippen LogP contribution in [0.3, 0.4) is 0 Å². The highest BCUT2D eigenvalue weighted by atomic mass is 35.5. The highest BCUT2D eigenvalue weighted by molar-refractivity contribution is 6.31. The van der Waals surface area contributed by atoms with Gasteiger partial charge in [-0.15, -0.1) is 0 Å². The monoisotopic (exact) mass is 285 g/mol. The number of carboxylic acids is 1. The second kappa shape index (κ2) is 5.10. The highest BCUT2D eigenvalue weighted by Gasteiger charge is 2.31. The minimum atomic E-state index is -1.44. The number of rotatable bonds is 3. The van der Waals surface area contributed by atoms with Gasteiger partial charge in [0.1, 0.15) is 5.67 Å². The van der Waals surface area contributed by atoms with E-state index in [2.05, 4.69) is 5.32 Å². The van der Waals surface area contributed by atoms with Crippen LogP contribution in [0.2, 0.25) is 5.02 Å². The molecule has 1 aromatic carbocycles. The molecule has 2 N–H and O–H groups in total. The minimum absolute atomic E-state index is 0.0784. The van der Waals surface area contributed by atoms with Crippen molar-refractivity contribution >= 4 is 17.6 Å². The molecule has 3 nitrogen and oxygen atoms in total. The Hall–Kier alpha value is -1.13. The van der Waals surface area contributed by atoms with Crippen LogP contribution in [0.5, 0.6) is 0 Å². The fourth-order valence-corrected chi connectivity index (χ4v) is 2.65. The number of aliphatic carboxylic acids is 1. The first-order chi connectivity index (χ1) is 8.79. The standard InChI is InChI=1S/C14H17ClFNO2/c1-14(2,16)9-3-4-10(11(15)6-9)12-5-8(7-17-12)13(18)19/h3-4,6,8,12,17H,5,7H2,1-2H3,(H,18,19). The van der Waals surface area contributed by atoms with Crippen molar-refractivity contribution < 1.29 is 14.3 Å². The summed E-state index contributed by atoms with van der Waals surface area (Å²) < 4.78 is 13.8. The zero-order valence-corrected chi connectivity index (χ0v) is 11.7. The molecule has 19 heavy (non-hydrogen) atoms. The second-order valence-electron chi connectivity index (χ2n) is 5.44. The van der Waals surface area contributed by atoms with Gasteiger partial charge in [-0.3, -0.25) is 4.79 Å². The minimum Gasteiger partial charge on any atom is -0.481 e. The van der Waals surface area contributed by atoms with Gasteiger partial charge in [0.25, 0.3) is 0 Å². The Morgan fingerprint density at radius 1 is 1.53 bits per heavy atom. The summed E-state index contributed by atoms with van der Waals surface area (Å²) in [6.07, 6.45) is 0.507. The Morgan fingerprint density at radius 3 is 2.68 bits per heavy atom. The summed E-state index contributed by atoms with van der Waals surface area (Å²) in [6.45, 7) is 3.39. The van der Waals surface area contributed by atoms with Crippen LogP contribution in [-0.2, 0) is 10.5 Å². The summed E-state index contributed by atoms with van der Waals surface area (Å²) in [5.41, 5.74) is -0.0815. The zero-order chi connectivity index (χ0) is 14.2. The molecular weight excluding hydrogens is 269 g/mol. The summed E-state index contributed by atoms with van der Waals surface area (Å²) in [5.74, 6) is -1.19. The molecule has 0 aliphatic carbocycles. The largest absolute Gasteiger partial charge is 0.481 e. The van der Waals surface area contributed by atoms with Gasteiger partial charge < -0.3 is 10.4 Å². The number of alkyl halides is 1.